The number of amides is 3. The number of nitrogens with one attached hydrogen (secondary N) is 1. The van der Waals surface area contributed by atoms with Crippen LogP contribution in [0, 0.1) is 17.0 Å². The molecule has 1 aliphatic heterocycles. The third kappa shape index (κ3) is 4.06. The zero-order valence-corrected chi connectivity index (χ0v) is 16.6. The van der Waals surface area contributed by atoms with Crippen molar-refractivity contribution < 1.29 is 19.2 Å². The number of methoxy groups -OCH3 is 1. The van der Waals surface area contributed by atoms with E-state index in [1.165, 1.54) is 6.07 Å². The molecule has 29 heavy (non-hydrogen) atoms. The molecular weight excluding hydrogens is 374 g/mol. The highest BCUT2D eigenvalue weighted by Gasteiger charge is 2.47. The van der Waals surface area contributed by atoms with Gasteiger partial charge in [-0.25, -0.2) is 4.79 Å². The summed E-state index contributed by atoms with van der Waals surface area (Å²) in [5.74, 6) is 0.422. The number of nitro benzene ring substituents is 1. The van der Waals surface area contributed by atoms with Gasteiger partial charge in [0.1, 0.15) is 11.3 Å². The molecule has 1 aliphatic rings. The first-order valence-corrected chi connectivity index (χ1v) is 9.25. The fourth-order valence-corrected chi connectivity index (χ4v) is 3.46. The maximum Gasteiger partial charge on any atom is 0.325 e. The number of hydrogen-bond acceptors (Lipinski definition) is 5. The lowest BCUT2D eigenvalue weighted by atomic mass is 9.93. The number of carbonyl (C=O) groups is 2. The average molecular weight is 397 g/mol. The first-order chi connectivity index (χ1) is 13.7. The molecule has 1 N–H and O–H groups in total. The molecule has 1 atom stereocenters. The minimum atomic E-state index is -1.02. The highest BCUT2D eigenvalue weighted by Crippen LogP contribution is 2.28. The molecule has 1 heterocycles. The summed E-state index contributed by atoms with van der Waals surface area (Å²) in [5.41, 5.74) is 0.997. The Hall–Kier alpha value is -3.42. The van der Waals surface area contributed by atoms with Crippen molar-refractivity contribution in [1.29, 1.82) is 0 Å². The Kier molecular flexibility index (Phi) is 5.54. The van der Waals surface area contributed by atoms with Crippen LogP contribution in [-0.4, -0.2) is 34.4 Å². The van der Waals surface area contributed by atoms with Gasteiger partial charge in [-0.3, -0.25) is 19.8 Å². The van der Waals surface area contributed by atoms with Gasteiger partial charge in [-0.05, 0) is 49.9 Å². The lowest BCUT2D eigenvalue weighted by Gasteiger charge is -2.22. The van der Waals surface area contributed by atoms with Gasteiger partial charge in [-0.15, -0.1) is 0 Å². The van der Waals surface area contributed by atoms with Crippen LogP contribution in [0.25, 0.3) is 0 Å². The normalized spacial score (nSPS) is 18.7. The minimum absolute atomic E-state index is 0.00366. The summed E-state index contributed by atoms with van der Waals surface area (Å²) in [6.07, 6.45) is 1.05. The van der Waals surface area contributed by atoms with E-state index in [0.717, 1.165) is 16.2 Å². The highest BCUT2D eigenvalue weighted by molar-refractivity contribution is 6.06. The maximum absolute atomic E-state index is 13.0. The molecule has 1 saturated heterocycles. The van der Waals surface area contributed by atoms with E-state index < -0.39 is 16.5 Å². The topological polar surface area (TPSA) is 102 Å². The molecule has 8 nitrogen and oxygen atoms in total. The van der Waals surface area contributed by atoms with Gasteiger partial charge in [0.25, 0.3) is 11.6 Å². The van der Waals surface area contributed by atoms with Crippen molar-refractivity contribution >= 4 is 17.6 Å². The quantitative estimate of drug-likeness (QED) is 0.438. The van der Waals surface area contributed by atoms with Crippen molar-refractivity contribution in [3.05, 3.63) is 69.3 Å². The zero-order valence-electron chi connectivity index (χ0n) is 16.6. The number of rotatable bonds is 7. The third-order valence-corrected chi connectivity index (χ3v) is 5.36. The molecule has 0 aliphatic carbocycles. The number of nitro groups is 1. The second-order valence-corrected chi connectivity index (χ2v) is 7.32. The van der Waals surface area contributed by atoms with Crippen molar-refractivity contribution in [2.24, 2.45) is 0 Å². The van der Waals surface area contributed by atoms with Crippen molar-refractivity contribution in [3.63, 3.8) is 0 Å². The number of nitrogens with zero attached hydrogens (tertiary/aromatic N) is 2. The monoisotopic (exact) mass is 397 g/mol. The molecule has 152 valence electrons. The van der Waals surface area contributed by atoms with E-state index in [2.05, 4.69) is 5.32 Å². The molecule has 0 bridgehead atoms. The summed E-state index contributed by atoms with van der Waals surface area (Å²) in [5, 5.41) is 13.9. The number of carbonyl (C=O) groups excluding carboxylic acids is 2. The van der Waals surface area contributed by atoms with Crippen LogP contribution in [0.15, 0.2) is 42.5 Å². The predicted octanol–water partition coefficient (Wildman–Crippen LogP) is 3.36. The molecule has 0 spiro atoms. The standard InChI is InChI=1S/C21H23N3O5/c1-14-16(5-4-6-18(14)24(27)28)13-23-19(25)21(2,22-20(23)26)12-11-15-7-9-17(29-3)10-8-15/h4-10H,11-13H2,1-3H3,(H,22,26). The van der Waals surface area contributed by atoms with Crippen LogP contribution in [0.2, 0.25) is 0 Å². The Morgan fingerprint density at radius 1 is 1.17 bits per heavy atom. The van der Waals surface area contributed by atoms with Gasteiger partial charge in [-0.1, -0.05) is 24.3 Å². The predicted molar refractivity (Wildman–Crippen MR) is 107 cm³/mol. The van der Waals surface area contributed by atoms with Crippen LogP contribution in [0.5, 0.6) is 5.75 Å². The number of imide groups is 1. The first-order valence-electron chi connectivity index (χ1n) is 9.25. The highest BCUT2D eigenvalue weighted by atomic mass is 16.6. The Labute approximate surface area is 168 Å². The van der Waals surface area contributed by atoms with Gasteiger partial charge in [0, 0.05) is 11.6 Å². The lowest BCUT2D eigenvalue weighted by Crippen LogP contribution is -2.44. The maximum atomic E-state index is 13.0. The molecule has 1 fully saturated rings. The Balaban J connectivity index is 1.73. The number of ether oxygens (including phenoxy) is 1. The Bertz CT molecular complexity index is 957. The Morgan fingerprint density at radius 3 is 2.48 bits per heavy atom. The summed E-state index contributed by atoms with van der Waals surface area (Å²) in [7, 11) is 1.60. The van der Waals surface area contributed by atoms with Crippen LogP contribution in [0.3, 0.4) is 0 Å². The number of hydrogen-bond donors (Lipinski definition) is 1. The molecule has 0 aromatic heterocycles. The van der Waals surface area contributed by atoms with Crippen LogP contribution in [0.1, 0.15) is 30.0 Å². The number of benzene rings is 2. The summed E-state index contributed by atoms with van der Waals surface area (Å²) in [4.78, 5) is 37.3. The van der Waals surface area contributed by atoms with Crippen LogP contribution >= 0.6 is 0 Å². The molecule has 1 unspecified atom stereocenters. The SMILES string of the molecule is COc1ccc(CCC2(C)NC(=O)N(Cc3cccc([N+](=O)[O-])c3C)C2=O)cc1. The summed E-state index contributed by atoms with van der Waals surface area (Å²) < 4.78 is 5.14. The molecule has 3 amide bonds. The summed E-state index contributed by atoms with van der Waals surface area (Å²) in [6, 6.07) is 11.7. The van der Waals surface area contributed by atoms with Gasteiger partial charge >= 0.3 is 6.03 Å². The van der Waals surface area contributed by atoms with Gasteiger partial charge in [0.05, 0.1) is 18.6 Å². The fraction of sp³-hybridized carbons (Fsp3) is 0.333. The van der Waals surface area contributed by atoms with E-state index in [0.29, 0.717) is 24.0 Å². The third-order valence-electron chi connectivity index (χ3n) is 5.36. The van der Waals surface area contributed by atoms with E-state index in [1.54, 1.807) is 33.1 Å². The van der Waals surface area contributed by atoms with E-state index in [9.17, 15) is 19.7 Å². The van der Waals surface area contributed by atoms with Crippen LogP contribution in [-0.2, 0) is 17.8 Å². The number of aryl methyl sites for hydroxylation is 1. The smallest absolute Gasteiger partial charge is 0.325 e. The molecule has 2 aromatic carbocycles. The molecule has 3 rings (SSSR count). The fourth-order valence-electron chi connectivity index (χ4n) is 3.46. The lowest BCUT2D eigenvalue weighted by molar-refractivity contribution is -0.385. The van der Waals surface area contributed by atoms with Crippen molar-refractivity contribution in [2.75, 3.05) is 7.11 Å². The van der Waals surface area contributed by atoms with Gasteiger partial charge in [-0.2, -0.15) is 0 Å². The van der Waals surface area contributed by atoms with Gasteiger partial charge in [0.15, 0.2) is 0 Å². The summed E-state index contributed by atoms with van der Waals surface area (Å²) in [6.45, 7) is 3.32. The van der Waals surface area contributed by atoms with Crippen LogP contribution in [0.4, 0.5) is 10.5 Å². The second kappa shape index (κ2) is 7.90. The number of urea groups is 1. The molecule has 2 aromatic rings. The molecule has 0 radical (unpaired) electrons. The van der Waals surface area contributed by atoms with E-state index in [-0.39, 0.29) is 18.1 Å². The second-order valence-electron chi connectivity index (χ2n) is 7.32. The van der Waals surface area contributed by atoms with Crippen molar-refractivity contribution in [2.45, 2.75) is 38.8 Å². The molecular formula is C21H23N3O5. The van der Waals surface area contributed by atoms with Crippen LogP contribution < -0.4 is 10.1 Å². The largest absolute Gasteiger partial charge is 0.497 e. The van der Waals surface area contributed by atoms with E-state index >= 15 is 0 Å². The Morgan fingerprint density at radius 2 is 1.86 bits per heavy atom. The van der Waals surface area contributed by atoms with E-state index in [4.69, 9.17) is 4.74 Å². The molecule has 0 saturated carbocycles. The van der Waals surface area contributed by atoms with Gasteiger partial charge in [0.2, 0.25) is 0 Å². The first kappa shape index (κ1) is 20.3. The van der Waals surface area contributed by atoms with Crippen molar-refractivity contribution in [1.82, 2.24) is 10.2 Å². The van der Waals surface area contributed by atoms with Gasteiger partial charge < -0.3 is 10.1 Å². The zero-order chi connectivity index (χ0) is 21.2. The summed E-state index contributed by atoms with van der Waals surface area (Å²) >= 11 is 0. The molecule has 8 heteroatoms. The van der Waals surface area contributed by atoms with E-state index in [1.807, 2.05) is 24.3 Å². The average Bonchev–Trinajstić information content (AvgIpc) is 2.91. The van der Waals surface area contributed by atoms with Crippen molar-refractivity contribution in [3.8, 4) is 5.75 Å². The minimum Gasteiger partial charge on any atom is -0.497 e.